The van der Waals surface area contributed by atoms with E-state index in [-0.39, 0.29) is 17.9 Å². The highest BCUT2D eigenvalue weighted by molar-refractivity contribution is 5.87. The molecule has 22 heavy (non-hydrogen) atoms. The Morgan fingerprint density at radius 2 is 1.86 bits per heavy atom. The number of aromatic nitrogens is 1. The van der Waals surface area contributed by atoms with Crippen molar-refractivity contribution in [3.8, 4) is 0 Å². The summed E-state index contributed by atoms with van der Waals surface area (Å²) in [6, 6.07) is 8.40. The molecule has 1 N–H and O–H groups in total. The second-order valence-corrected chi connectivity index (χ2v) is 5.64. The maximum atomic E-state index is 12.4. The lowest BCUT2D eigenvalue weighted by Gasteiger charge is -2.31. The van der Waals surface area contributed by atoms with Crippen molar-refractivity contribution in [3.63, 3.8) is 0 Å². The first kappa shape index (κ1) is 15.8. The van der Waals surface area contributed by atoms with Gasteiger partial charge in [0.15, 0.2) is 5.43 Å². The maximum Gasteiger partial charge on any atom is 0.329 e. The predicted molar refractivity (Wildman–Crippen MR) is 82.7 cm³/mol. The Morgan fingerprint density at radius 3 is 2.50 bits per heavy atom. The highest BCUT2D eigenvalue weighted by atomic mass is 16.4. The molecule has 2 aromatic rings. The fraction of sp³-hybridized carbons (Fsp3) is 0.312. The third kappa shape index (κ3) is 2.72. The molecule has 0 aliphatic rings. The summed E-state index contributed by atoms with van der Waals surface area (Å²) in [5.74, 6) is -1.42. The van der Waals surface area contributed by atoms with Gasteiger partial charge in [-0.05, 0) is 26.0 Å². The molecule has 0 radical (unpaired) electrons. The van der Waals surface area contributed by atoms with Crippen molar-refractivity contribution in [1.82, 2.24) is 9.47 Å². The molecule has 0 aliphatic heterocycles. The number of benzene rings is 1. The van der Waals surface area contributed by atoms with Crippen LogP contribution in [-0.4, -0.2) is 39.0 Å². The van der Waals surface area contributed by atoms with Crippen LogP contribution in [0.15, 0.2) is 41.3 Å². The average Bonchev–Trinajstić information content (AvgIpc) is 2.49. The zero-order valence-electron chi connectivity index (χ0n) is 12.7. The number of carboxylic acid groups (broad SMARTS) is 1. The summed E-state index contributed by atoms with van der Waals surface area (Å²) < 4.78 is 1.65. The molecule has 1 amide bonds. The van der Waals surface area contributed by atoms with Crippen LogP contribution in [0.3, 0.4) is 0 Å². The van der Waals surface area contributed by atoms with E-state index < -0.39 is 11.5 Å². The van der Waals surface area contributed by atoms with E-state index in [1.807, 2.05) is 0 Å². The zero-order chi connectivity index (χ0) is 16.5. The summed E-state index contributed by atoms with van der Waals surface area (Å²) in [5, 5.41) is 9.72. The van der Waals surface area contributed by atoms with Crippen molar-refractivity contribution in [2.45, 2.75) is 25.9 Å². The van der Waals surface area contributed by atoms with Crippen LogP contribution < -0.4 is 5.43 Å². The summed E-state index contributed by atoms with van der Waals surface area (Å²) >= 11 is 0. The number of likely N-dealkylation sites (N-methyl/N-ethyl adjacent to an activating group) is 1. The number of carbonyl (C=O) groups is 2. The number of amides is 1. The lowest BCUT2D eigenvalue weighted by Crippen LogP contribution is -2.51. The largest absolute Gasteiger partial charge is 0.480 e. The molecule has 0 aliphatic carbocycles. The molecule has 6 nitrogen and oxygen atoms in total. The van der Waals surface area contributed by atoms with Gasteiger partial charge >= 0.3 is 5.97 Å². The second kappa shape index (κ2) is 5.63. The molecule has 2 rings (SSSR count). The van der Waals surface area contributed by atoms with Gasteiger partial charge in [0.1, 0.15) is 12.1 Å². The van der Waals surface area contributed by atoms with Crippen LogP contribution >= 0.6 is 0 Å². The Labute approximate surface area is 127 Å². The SMILES string of the molecule is CN(C(=O)Cn1ccc(=O)c2ccccc21)C(C)(C)C(=O)O. The molecule has 1 heterocycles. The molecule has 0 saturated heterocycles. The molecule has 0 unspecified atom stereocenters. The summed E-state index contributed by atoms with van der Waals surface area (Å²) in [7, 11) is 1.46. The highest BCUT2D eigenvalue weighted by Crippen LogP contribution is 2.15. The lowest BCUT2D eigenvalue weighted by molar-refractivity contribution is -0.155. The van der Waals surface area contributed by atoms with E-state index in [1.165, 1.54) is 31.9 Å². The van der Waals surface area contributed by atoms with E-state index in [1.54, 1.807) is 35.0 Å². The molecule has 0 fully saturated rings. The normalized spacial score (nSPS) is 11.4. The molecular weight excluding hydrogens is 284 g/mol. The molecule has 0 saturated carbocycles. The number of fused-ring (bicyclic) bond motifs is 1. The quantitative estimate of drug-likeness (QED) is 0.924. The molecule has 1 aromatic heterocycles. The molecule has 116 valence electrons. The number of aliphatic carboxylic acids is 1. The van der Waals surface area contributed by atoms with Gasteiger partial charge in [-0.25, -0.2) is 4.79 Å². The monoisotopic (exact) mass is 302 g/mol. The first-order valence-corrected chi connectivity index (χ1v) is 6.83. The maximum absolute atomic E-state index is 12.4. The minimum absolute atomic E-state index is 0.0337. The zero-order valence-corrected chi connectivity index (χ0v) is 12.7. The van der Waals surface area contributed by atoms with Crippen molar-refractivity contribution in [3.05, 3.63) is 46.8 Å². The first-order chi connectivity index (χ1) is 10.2. The molecule has 0 spiro atoms. The topological polar surface area (TPSA) is 79.6 Å². The van der Waals surface area contributed by atoms with Gasteiger partial charge < -0.3 is 14.6 Å². The Balaban J connectivity index is 2.36. The number of carbonyl (C=O) groups excluding carboxylic acids is 1. The van der Waals surface area contributed by atoms with Crippen molar-refractivity contribution in [1.29, 1.82) is 0 Å². The van der Waals surface area contributed by atoms with E-state index in [2.05, 4.69) is 0 Å². The van der Waals surface area contributed by atoms with Gasteiger partial charge in [0.2, 0.25) is 5.91 Å². The van der Waals surface area contributed by atoms with Crippen LogP contribution in [-0.2, 0) is 16.1 Å². The van der Waals surface area contributed by atoms with Gasteiger partial charge in [-0.3, -0.25) is 9.59 Å². The van der Waals surface area contributed by atoms with Crippen molar-refractivity contribution < 1.29 is 14.7 Å². The van der Waals surface area contributed by atoms with Crippen molar-refractivity contribution in [2.24, 2.45) is 0 Å². The van der Waals surface area contributed by atoms with Gasteiger partial charge in [0, 0.05) is 24.7 Å². The fourth-order valence-electron chi connectivity index (χ4n) is 2.11. The summed E-state index contributed by atoms with van der Waals surface area (Å²) in [6.45, 7) is 2.90. The van der Waals surface area contributed by atoms with Crippen LogP contribution in [0.2, 0.25) is 0 Å². The third-order valence-corrected chi connectivity index (χ3v) is 3.93. The summed E-state index contributed by atoms with van der Waals surface area (Å²) in [4.78, 5) is 36.6. The van der Waals surface area contributed by atoms with Gasteiger partial charge in [0.25, 0.3) is 0 Å². The number of nitrogens with zero attached hydrogens (tertiary/aromatic N) is 2. The molecule has 1 aromatic carbocycles. The second-order valence-electron chi connectivity index (χ2n) is 5.64. The number of hydrogen-bond acceptors (Lipinski definition) is 3. The van der Waals surface area contributed by atoms with E-state index >= 15 is 0 Å². The number of pyridine rings is 1. The highest BCUT2D eigenvalue weighted by Gasteiger charge is 2.35. The third-order valence-electron chi connectivity index (χ3n) is 3.93. The molecular formula is C16H18N2O4. The standard InChI is InChI=1S/C16H18N2O4/c1-16(2,15(21)22)17(3)14(20)10-18-9-8-13(19)11-6-4-5-7-12(11)18/h4-9H,10H2,1-3H3,(H,21,22). The van der Waals surface area contributed by atoms with Gasteiger partial charge in [-0.2, -0.15) is 0 Å². The van der Waals surface area contributed by atoms with Gasteiger partial charge in [-0.1, -0.05) is 12.1 Å². The van der Waals surface area contributed by atoms with E-state index in [4.69, 9.17) is 0 Å². The fourth-order valence-corrected chi connectivity index (χ4v) is 2.11. The Hall–Kier alpha value is -2.63. The Morgan fingerprint density at radius 1 is 1.23 bits per heavy atom. The van der Waals surface area contributed by atoms with E-state index in [9.17, 15) is 19.5 Å². The minimum atomic E-state index is -1.30. The van der Waals surface area contributed by atoms with Gasteiger partial charge in [-0.15, -0.1) is 0 Å². The van der Waals surface area contributed by atoms with Crippen molar-refractivity contribution in [2.75, 3.05) is 7.05 Å². The average molecular weight is 302 g/mol. The summed E-state index contributed by atoms with van der Waals surface area (Å²) in [6.07, 6.45) is 1.55. The van der Waals surface area contributed by atoms with Crippen LogP contribution in [0.1, 0.15) is 13.8 Å². The van der Waals surface area contributed by atoms with Crippen LogP contribution in [0.4, 0.5) is 0 Å². The number of para-hydroxylation sites is 1. The smallest absolute Gasteiger partial charge is 0.329 e. The number of rotatable bonds is 4. The molecule has 0 atom stereocenters. The van der Waals surface area contributed by atoms with Crippen LogP contribution in [0, 0.1) is 0 Å². The van der Waals surface area contributed by atoms with Crippen LogP contribution in [0.5, 0.6) is 0 Å². The number of carboxylic acids is 1. The molecule has 0 bridgehead atoms. The van der Waals surface area contributed by atoms with Crippen LogP contribution in [0.25, 0.3) is 10.9 Å². The lowest BCUT2D eigenvalue weighted by atomic mass is 10.0. The number of hydrogen-bond donors (Lipinski definition) is 1. The Bertz CT molecular complexity index is 792. The minimum Gasteiger partial charge on any atom is -0.480 e. The van der Waals surface area contributed by atoms with Crippen molar-refractivity contribution >= 4 is 22.8 Å². The van der Waals surface area contributed by atoms with E-state index in [0.717, 1.165) is 0 Å². The summed E-state index contributed by atoms with van der Waals surface area (Å²) in [5.41, 5.74) is -0.769. The predicted octanol–water partition coefficient (Wildman–Crippen LogP) is 1.32. The van der Waals surface area contributed by atoms with E-state index in [0.29, 0.717) is 10.9 Å². The first-order valence-electron chi connectivity index (χ1n) is 6.83. The van der Waals surface area contributed by atoms with Gasteiger partial charge in [0.05, 0.1) is 5.52 Å². The Kier molecular flexibility index (Phi) is 4.03. The molecule has 6 heteroatoms.